The first-order valence-corrected chi connectivity index (χ1v) is 19.0. The number of furan rings is 1. The third-order valence-corrected chi connectivity index (χ3v) is 10.5. The van der Waals surface area contributed by atoms with E-state index in [0.29, 0.717) is 47.1 Å². The number of ether oxygens (including phenoxy) is 2. The molecule has 0 saturated carbocycles. The van der Waals surface area contributed by atoms with Gasteiger partial charge in [0.05, 0.1) is 20.0 Å². The van der Waals surface area contributed by atoms with Crippen LogP contribution < -0.4 is 19.1 Å². The minimum Gasteiger partial charge on any atom is -0.494 e. The SMILES string of the molecule is COc1cccc(OC)c1-n1c(-c2ccc(C)o2)nnc1N(CC[Si](C)(C)C)S(=O)(=O)CCN1C(=O)NCC[C@H]1C. The molecule has 1 N–H and O–H groups in total. The topological polar surface area (TPSA) is 132 Å². The van der Waals surface area contributed by atoms with Crippen molar-refractivity contribution >= 4 is 30.1 Å². The first kappa shape index (κ1) is 30.4. The molecule has 2 amide bonds. The second-order valence-electron chi connectivity index (χ2n) is 11.3. The van der Waals surface area contributed by atoms with Gasteiger partial charge in [0.2, 0.25) is 21.8 Å². The van der Waals surface area contributed by atoms with E-state index in [9.17, 15) is 13.2 Å². The number of urea groups is 1. The Labute approximate surface area is 242 Å². The van der Waals surface area contributed by atoms with Gasteiger partial charge < -0.3 is 24.1 Å². The van der Waals surface area contributed by atoms with Crippen LogP contribution in [-0.2, 0) is 10.0 Å². The molecule has 1 aliphatic heterocycles. The minimum absolute atomic E-state index is 0.0507. The van der Waals surface area contributed by atoms with Crippen molar-refractivity contribution in [1.29, 1.82) is 0 Å². The molecule has 0 bridgehead atoms. The summed E-state index contributed by atoms with van der Waals surface area (Å²) in [5.74, 6) is 2.07. The third kappa shape index (κ3) is 6.69. The van der Waals surface area contributed by atoms with E-state index in [1.165, 1.54) is 18.5 Å². The van der Waals surface area contributed by atoms with Crippen LogP contribution in [0.5, 0.6) is 11.5 Å². The van der Waals surface area contributed by atoms with E-state index in [1.807, 2.05) is 13.8 Å². The Kier molecular flexibility index (Phi) is 9.02. The molecule has 0 unspecified atom stereocenters. The molecule has 0 aliphatic carbocycles. The zero-order valence-corrected chi connectivity index (χ0v) is 26.6. The van der Waals surface area contributed by atoms with Crippen LogP contribution in [0.25, 0.3) is 17.3 Å². The van der Waals surface area contributed by atoms with Crippen molar-refractivity contribution in [3.05, 3.63) is 36.1 Å². The number of hydrogen-bond acceptors (Lipinski definition) is 8. The molecule has 2 aromatic heterocycles. The largest absolute Gasteiger partial charge is 0.494 e. The quantitative estimate of drug-likeness (QED) is 0.305. The lowest BCUT2D eigenvalue weighted by Gasteiger charge is -2.34. The van der Waals surface area contributed by atoms with Gasteiger partial charge in [-0.1, -0.05) is 25.7 Å². The van der Waals surface area contributed by atoms with Crippen molar-refractivity contribution in [3.8, 4) is 28.8 Å². The summed E-state index contributed by atoms with van der Waals surface area (Å²) in [6.45, 7) is 11.1. The molecule has 14 heteroatoms. The second kappa shape index (κ2) is 12.1. The van der Waals surface area contributed by atoms with Crippen molar-refractivity contribution in [2.24, 2.45) is 0 Å². The zero-order valence-electron chi connectivity index (χ0n) is 24.8. The number of aryl methyl sites for hydroxylation is 1. The fraction of sp³-hybridized carbons (Fsp3) is 0.519. The Hall–Kier alpha value is -3.52. The van der Waals surface area contributed by atoms with E-state index >= 15 is 0 Å². The van der Waals surface area contributed by atoms with E-state index < -0.39 is 18.1 Å². The highest BCUT2D eigenvalue weighted by atomic mass is 32.2. The molecule has 0 spiro atoms. The Bertz CT molecular complexity index is 1460. The Morgan fingerprint density at radius 1 is 1.12 bits per heavy atom. The summed E-state index contributed by atoms with van der Waals surface area (Å²) in [7, 11) is -2.62. The number of rotatable bonds is 12. The predicted octanol–water partition coefficient (Wildman–Crippen LogP) is 4.13. The van der Waals surface area contributed by atoms with Crippen molar-refractivity contribution in [1.82, 2.24) is 25.0 Å². The summed E-state index contributed by atoms with van der Waals surface area (Å²) in [6, 6.07) is 9.22. The fourth-order valence-corrected chi connectivity index (χ4v) is 7.14. The van der Waals surface area contributed by atoms with Crippen molar-refractivity contribution in [3.63, 3.8) is 0 Å². The lowest BCUT2D eigenvalue weighted by atomic mass is 10.2. The smallest absolute Gasteiger partial charge is 0.317 e. The maximum Gasteiger partial charge on any atom is 0.317 e. The number of nitrogens with zero attached hydrogens (tertiary/aromatic N) is 5. The Morgan fingerprint density at radius 3 is 2.37 bits per heavy atom. The maximum absolute atomic E-state index is 14.2. The molecule has 41 heavy (non-hydrogen) atoms. The van der Waals surface area contributed by atoms with E-state index in [2.05, 4.69) is 35.2 Å². The summed E-state index contributed by atoms with van der Waals surface area (Å²) in [4.78, 5) is 14.1. The van der Waals surface area contributed by atoms with Crippen LogP contribution in [0, 0.1) is 6.92 Å². The van der Waals surface area contributed by atoms with E-state index in [1.54, 1.807) is 39.8 Å². The van der Waals surface area contributed by atoms with Gasteiger partial charge in [0.1, 0.15) is 22.9 Å². The van der Waals surface area contributed by atoms with Gasteiger partial charge in [0.15, 0.2) is 5.76 Å². The lowest BCUT2D eigenvalue weighted by molar-refractivity contribution is 0.164. The molecule has 1 atom stereocenters. The van der Waals surface area contributed by atoms with E-state index in [4.69, 9.17) is 13.9 Å². The van der Waals surface area contributed by atoms with E-state index in [-0.39, 0.29) is 36.9 Å². The van der Waals surface area contributed by atoms with Crippen LogP contribution in [-0.4, -0.2) is 87.8 Å². The lowest BCUT2D eigenvalue weighted by Crippen LogP contribution is -2.53. The molecule has 0 radical (unpaired) electrons. The number of carbonyl (C=O) groups excluding carboxylic acids is 1. The number of carbonyl (C=O) groups is 1. The third-order valence-electron chi connectivity index (χ3n) is 7.08. The number of methoxy groups -OCH3 is 2. The van der Waals surface area contributed by atoms with Crippen LogP contribution in [0.2, 0.25) is 25.7 Å². The molecule has 1 aromatic carbocycles. The van der Waals surface area contributed by atoms with Gasteiger partial charge in [0.25, 0.3) is 0 Å². The van der Waals surface area contributed by atoms with Crippen LogP contribution in [0.3, 0.4) is 0 Å². The standard InChI is InChI=1S/C27H40N6O6SSi/c1-19-13-14-28-27(34)31(19)15-17-40(35,36)32(16-18-41(5,6)7)26-30-29-25(23-12-11-20(2)39-23)33(26)24-21(37-3)9-8-10-22(24)38-4/h8-12,19H,13-18H2,1-7H3,(H,28,34)/t19-/m1/s1. The minimum atomic E-state index is -3.98. The maximum atomic E-state index is 14.2. The summed E-state index contributed by atoms with van der Waals surface area (Å²) < 4.78 is 48.6. The average molecular weight is 605 g/mol. The average Bonchev–Trinajstić information content (AvgIpc) is 3.53. The highest BCUT2D eigenvalue weighted by molar-refractivity contribution is 7.92. The van der Waals surface area contributed by atoms with E-state index in [0.717, 1.165) is 6.42 Å². The Balaban J connectivity index is 1.88. The van der Waals surface area contributed by atoms with Gasteiger partial charge in [-0.2, -0.15) is 0 Å². The molecule has 1 aliphatic rings. The van der Waals surface area contributed by atoms with Crippen LogP contribution in [0.4, 0.5) is 10.7 Å². The molecule has 3 aromatic rings. The van der Waals surface area contributed by atoms with Gasteiger partial charge in [-0.25, -0.2) is 17.5 Å². The molecule has 12 nitrogen and oxygen atoms in total. The number of aromatic nitrogens is 3. The van der Waals surface area contributed by atoms with Crippen molar-refractivity contribution in [2.75, 3.05) is 43.9 Å². The van der Waals surface area contributed by atoms with Crippen LogP contribution in [0.1, 0.15) is 19.1 Å². The monoisotopic (exact) mass is 604 g/mol. The fourth-order valence-electron chi connectivity index (χ4n) is 4.70. The summed E-state index contributed by atoms with van der Waals surface area (Å²) in [5.41, 5.74) is 0.443. The molecular formula is C27H40N6O6SSi. The zero-order chi connectivity index (χ0) is 29.9. The number of sulfonamides is 1. The van der Waals surface area contributed by atoms with Gasteiger partial charge in [-0.3, -0.25) is 4.57 Å². The van der Waals surface area contributed by atoms with Crippen molar-refractivity contribution in [2.45, 2.75) is 52.0 Å². The normalized spacial score (nSPS) is 16.0. The predicted molar refractivity (Wildman–Crippen MR) is 160 cm³/mol. The second-order valence-corrected chi connectivity index (χ2v) is 19.0. The summed E-state index contributed by atoms with van der Waals surface area (Å²) in [5, 5.41) is 11.7. The van der Waals surface area contributed by atoms with Gasteiger partial charge >= 0.3 is 6.03 Å². The van der Waals surface area contributed by atoms with Crippen molar-refractivity contribution < 1.29 is 27.1 Å². The number of hydrogen-bond donors (Lipinski definition) is 1. The molecular weight excluding hydrogens is 564 g/mol. The molecule has 4 rings (SSSR count). The van der Waals surface area contributed by atoms with Gasteiger partial charge in [0, 0.05) is 33.7 Å². The van der Waals surface area contributed by atoms with Crippen LogP contribution >= 0.6 is 0 Å². The Morgan fingerprint density at radius 2 is 1.80 bits per heavy atom. The summed E-state index contributed by atoms with van der Waals surface area (Å²) in [6.07, 6.45) is 0.749. The number of nitrogens with one attached hydrogen (secondary N) is 1. The number of amides is 2. The number of benzene rings is 1. The summed E-state index contributed by atoms with van der Waals surface area (Å²) >= 11 is 0. The molecule has 3 heterocycles. The van der Waals surface area contributed by atoms with Gasteiger partial charge in [-0.15, -0.1) is 10.2 Å². The van der Waals surface area contributed by atoms with Gasteiger partial charge in [-0.05, 0) is 50.6 Å². The first-order chi connectivity index (χ1) is 19.4. The number of para-hydroxylation sites is 1. The first-order valence-electron chi connectivity index (χ1n) is 13.6. The molecule has 224 valence electrons. The molecule has 1 saturated heterocycles. The number of anilines is 1. The molecule has 1 fully saturated rings. The van der Waals surface area contributed by atoms with Crippen LogP contribution in [0.15, 0.2) is 34.7 Å². The highest BCUT2D eigenvalue weighted by Gasteiger charge is 2.35. The highest BCUT2D eigenvalue weighted by Crippen LogP contribution is 2.39.